The first kappa shape index (κ1) is 7.21. The van der Waals surface area contributed by atoms with E-state index in [1.807, 2.05) is 0 Å². The molecule has 2 nitrogen and oxygen atoms in total. The molecule has 4 heteroatoms. The molecule has 1 aromatic heterocycles. The Morgan fingerprint density at radius 2 is 2.08 bits per heavy atom. The van der Waals surface area contributed by atoms with Crippen LogP contribution in [-0.2, 0) is 7.05 Å². The number of rotatable bonds is 0. The fraction of sp³-hybridized carbons (Fsp3) is 0.125. The minimum atomic E-state index is -0.632. The predicted molar refractivity (Wildman–Crippen MR) is 40.6 cm³/mol. The summed E-state index contributed by atoms with van der Waals surface area (Å²) in [5.74, 6) is -1.08. The van der Waals surface area contributed by atoms with Crippen LogP contribution in [0.15, 0.2) is 18.2 Å². The van der Waals surface area contributed by atoms with Gasteiger partial charge in [0.25, 0.3) is 0 Å². The van der Waals surface area contributed by atoms with Gasteiger partial charge in [-0.2, -0.15) is 4.39 Å². The highest BCUT2D eigenvalue weighted by atomic mass is 19.1. The molecule has 0 N–H and O–H groups in total. The molecule has 0 amide bonds. The van der Waals surface area contributed by atoms with Crippen LogP contribution in [0.5, 0.6) is 0 Å². The number of fused-ring (bicyclic) bond motifs is 1. The Balaban J connectivity index is 2.90. The molecule has 1 aromatic carbocycles. The van der Waals surface area contributed by atoms with Crippen molar-refractivity contribution in [1.82, 2.24) is 9.78 Å². The van der Waals surface area contributed by atoms with E-state index in [4.69, 9.17) is 0 Å². The van der Waals surface area contributed by atoms with Crippen molar-refractivity contribution in [2.24, 2.45) is 7.05 Å². The minimum absolute atomic E-state index is 0.220. The summed E-state index contributed by atoms with van der Waals surface area (Å²) in [7, 11) is 1.61. The third-order valence-electron chi connectivity index (χ3n) is 1.77. The summed E-state index contributed by atoms with van der Waals surface area (Å²) in [6, 6.07) is 3.92. The van der Waals surface area contributed by atoms with E-state index in [1.54, 1.807) is 7.05 Å². The molecular weight excluding hydrogens is 162 g/mol. The van der Waals surface area contributed by atoms with Gasteiger partial charge in [0.1, 0.15) is 5.82 Å². The number of halogens is 2. The average molecular weight is 168 g/mol. The molecule has 0 aliphatic heterocycles. The van der Waals surface area contributed by atoms with Crippen molar-refractivity contribution >= 4 is 10.9 Å². The normalized spacial score (nSPS) is 10.9. The van der Waals surface area contributed by atoms with E-state index in [9.17, 15) is 8.78 Å². The maximum atomic E-state index is 12.9. The minimum Gasteiger partial charge on any atom is -0.265 e. The summed E-state index contributed by atoms with van der Waals surface area (Å²) in [6.45, 7) is 0. The third kappa shape index (κ3) is 0.879. The molecule has 12 heavy (non-hydrogen) atoms. The lowest BCUT2D eigenvalue weighted by Gasteiger charge is -1.91. The van der Waals surface area contributed by atoms with Crippen molar-refractivity contribution in [3.8, 4) is 0 Å². The van der Waals surface area contributed by atoms with Crippen LogP contribution in [0, 0.1) is 11.8 Å². The lowest BCUT2D eigenvalue weighted by atomic mass is 10.2. The highest BCUT2D eigenvalue weighted by Gasteiger charge is 2.07. The van der Waals surface area contributed by atoms with Gasteiger partial charge >= 0.3 is 0 Å². The Morgan fingerprint density at radius 1 is 1.33 bits per heavy atom. The van der Waals surface area contributed by atoms with Gasteiger partial charge in [0.05, 0.1) is 10.9 Å². The standard InChI is InChI=1S/C8H6F2N2/c1-12-7-3-2-5(9)4-6(7)8(10)11-12/h2-4H,1H3. The Hall–Kier alpha value is -1.45. The van der Waals surface area contributed by atoms with Gasteiger partial charge in [0.2, 0.25) is 5.95 Å². The molecule has 0 fully saturated rings. The molecule has 2 rings (SSSR count). The molecule has 2 aromatic rings. The Bertz CT molecular complexity index is 434. The molecule has 0 atom stereocenters. The Morgan fingerprint density at radius 3 is 2.83 bits per heavy atom. The van der Waals surface area contributed by atoms with Crippen LogP contribution in [-0.4, -0.2) is 9.78 Å². The van der Waals surface area contributed by atoms with Gasteiger partial charge in [0, 0.05) is 7.05 Å². The van der Waals surface area contributed by atoms with Gasteiger partial charge in [-0.1, -0.05) is 0 Å². The maximum Gasteiger partial charge on any atom is 0.240 e. The van der Waals surface area contributed by atoms with Gasteiger partial charge in [-0.05, 0) is 18.2 Å². The van der Waals surface area contributed by atoms with Crippen LogP contribution in [0.2, 0.25) is 0 Å². The van der Waals surface area contributed by atoms with E-state index in [2.05, 4.69) is 5.10 Å². The Kier molecular flexibility index (Phi) is 1.36. The van der Waals surface area contributed by atoms with E-state index >= 15 is 0 Å². The second kappa shape index (κ2) is 2.27. The zero-order chi connectivity index (χ0) is 8.72. The zero-order valence-electron chi connectivity index (χ0n) is 6.38. The van der Waals surface area contributed by atoms with Gasteiger partial charge in [-0.15, -0.1) is 5.10 Å². The summed E-state index contributed by atoms with van der Waals surface area (Å²) in [5.41, 5.74) is 0.592. The van der Waals surface area contributed by atoms with E-state index in [0.29, 0.717) is 5.52 Å². The fourth-order valence-corrected chi connectivity index (χ4v) is 1.20. The summed E-state index contributed by atoms with van der Waals surface area (Å²) in [4.78, 5) is 0. The monoisotopic (exact) mass is 168 g/mol. The van der Waals surface area contributed by atoms with Crippen LogP contribution in [0.25, 0.3) is 10.9 Å². The van der Waals surface area contributed by atoms with Crippen LogP contribution >= 0.6 is 0 Å². The molecule has 0 radical (unpaired) electrons. The fourth-order valence-electron chi connectivity index (χ4n) is 1.20. The second-order valence-electron chi connectivity index (χ2n) is 2.58. The first-order valence-electron chi connectivity index (χ1n) is 3.46. The summed E-state index contributed by atoms with van der Waals surface area (Å²) in [5, 5.41) is 3.73. The average Bonchev–Trinajstić information content (AvgIpc) is 2.28. The van der Waals surface area contributed by atoms with Crippen LogP contribution < -0.4 is 0 Å². The molecule has 0 aliphatic carbocycles. The van der Waals surface area contributed by atoms with Gasteiger partial charge in [-0.25, -0.2) is 4.39 Å². The second-order valence-corrected chi connectivity index (χ2v) is 2.58. The molecule has 0 spiro atoms. The first-order valence-corrected chi connectivity index (χ1v) is 3.46. The highest BCUT2D eigenvalue weighted by Crippen LogP contribution is 2.17. The summed E-state index contributed by atoms with van der Waals surface area (Å²) >= 11 is 0. The number of aromatic nitrogens is 2. The lowest BCUT2D eigenvalue weighted by Crippen LogP contribution is -1.89. The SMILES string of the molecule is Cn1nc(F)c2cc(F)ccc21. The van der Waals surface area contributed by atoms with Crippen molar-refractivity contribution < 1.29 is 8.78 Å². The van der Waals surface area contributed by atoms with E-state index in [1.165, 1.54) is 16.8 Å². The van der Waals surface area contributed by atoms with Crippen molar-refractivity contribution in [1.29, 1.82) is 0 Å². The zero-order valence-corrected chi connectivity index (χ0v) is 6.38. The van der Waals surface area contributed by atoms with Gasteiger partial charge in [0.15, 0.2) is 0 Å². The molecule has 1 heterocycles. The topological polar surface area (TPSA) is 17.8 Å². The van der Waals surface area contributed by atoms with E-state index < -0.39 is 11.8 Å². The third-order valence-corrected chi connectivity index (χ3v) is 1.77. The van der Waals surface area contributed by atoms with E-state index in [-0.39, 0.29) is 5.39 Å². The summed E-state index contributed by atoms with van der Waals surface area (Å²) < 4.78 is 26.9. The number of hydrogen-bond donors (Lipinski definition) is 0. The number of aryl methyl sites for hydroxylation is 1. The Labute approximate surface area is 67.4 Å². The van der Waals surface area contributed by atoms with Crippen LogP contribution in [0.1, 0.15) is 0 Å². The van der Waals surface area contributed by atoms with Crippen molar-refractivity contribution in [2.45, 2.75) is 0 Å². The molecular formula is C8H6F2N2. The molecule has 0 unspecified atom stereocenters. The van der Waals surface area contributed by atoms with Crippen molar-refractivity contribution in [3.05, 3.63) is 30.0 Å². The number of nitrogens with zero attached hydrogens (tertiary/aromatic N) is 2. The first-order chi connectivity index (χ1) is 5.68. The molecule has 62 valence electrons. The molecule has 0 bridgehead atoms. The van der Waals surface area contributed by atoms with Crippen LogP contribution in [0.4, 0.5) is 8.78 Å². The maximum absolute atomic E-state index is 12.9. The van der Waals surface area contributed by atoms with Crippen molar-refractivity contribution in [2.75, 3.05) is 0 Å². The molecule has 0 aliphatic rings. The van der Waals surface area contributed by atoms with Crippen LogP contribution in [0.3, 0.4) is 0 Å². The van der Waals surface area contributed by atoms with E-state index in [0.717, 1.165) is 6.07 Å². The predicted octanol–water partition coefficient (Wildman–Crippen LogP) is 1.85. The number of hydrogen-bond acceptors (Lipinski definition) is 1. The van der Waals surface area contributed by atoms with Gasteiger partial charge in [-0.3, -0.25) is 4.68 Å². The smallest absolute Gasteiger partial charge is 0.240 e. The lowest BCUT2D eigenvalue weighted by molar-refractivity contribution is 0.561. The molecule has 0 saturated carbocycles. The van der Waals surface area contributed by atoms with Crippen molar-refractivity contribution in [3.63, 3.8) is 0 Å². The van der Waals surface area contributed by atoms with Gasteiger partial charge < -0.3 is 0 Å². The highest BCUT2D eigenvalue weighted by molar-refractivity contribution is 5.79. The quantitative estimate of drug-likeness (QED) is 0.587. The summed E-state index contributed by atoms with van der Waals surface area (Å²) in [6.07, 6.45) is 0. The number of benzene rings is 1. The largest absolute Gasteiger partial charge is 0.265 e. The molecule has 0 saturated heterocycles.